The fraction of sp³-hybridized carbons (Fsp3) is 0.333. The van der Waals surface area contributed by atoms with Gasteiger partial charge in [0.25, 0.3) is 5.91 Å². The molecule has 0 unspecified atom stereocenters. The van der Waals surface area contributed by atoms with E-state index in [9.17, 15) is 9.59 Å². The van der Waals surface area contributed by atoms with Gasteiger partial charge in [0.05, 0.1) is 6.10 Å². The molecule has 0 aliphatic carbocycles. The van der Waals surface area contributed by atoms with Crippen molar-refractivity contribution in [2.45, 2.75) is 20.0 Å². The molecule has 0 saturated carbocycles. The second-order valence-electron chi connectivity index (χ2n) is 3.71. The van der Waals surface area contributed by atoms with E-state index in [1.807, 2.05) is 0 Å². The number of carbonyl (C=O) groups is 2. The lowest BCUT2D eigenvalue weighted by Crippen LogP contribution is -2.21. The molecular formula is C12H15NO4. The smallest absolute Gasteiger partial charge is 0.342 e. The molecule has 5 heteroatoms. The number of hydrogen-bond acceptors (Lipinski definition) is 4. The predicted molar refractivity (Wildman–Crippen MR) is 61.7 cm³/mol. The van der Waals surface area contributed by atoms with Crippen LogP contribution in [0.2, 0.25) is 0 Å². The number of hydrogen-bond donors (Lipinski definition) is 1. The minimum Gasteiger partial charge on any atom is -0.483 e. The highest BCUT2D eigenvalue weighted by Crippen LogP contribution is 2.19. The summed E-state index contributed by atoms with van der Waals surface area (Å²) in [4.78, 5) is 22.3. The van der Waals surface area contributed by atoms with Crippen LogP contribution in [0.3, 0.4) is 0 Å². The first kappa shape index (κ1) is 13.0. The van der Waals surface area contributed by atoms with Crippen molar-refractivity contribution in [3.63, 3.8) is 0 Å². The normalized spacial score (nSPS) is 10.1. The Hall–Kier alpha value is -2.04. The molecule has 0 aliphatic heterocycles. The van der Waals surface area contributed by atoms with Gasteiger partial charge in [0.15, 0.2) is 6.61 Å². The van der Waals surface area contributed by atoms with E-state index in [4.69, 9.17) is 15.2 Å². The van der Waals surface area contributed by atoms with Crippen molar-refractivity contribution < 1.29 is 19.1 Å². The molecule has 0 spiro atoms. The highest BCUT2D eigenvalue weighted by atomic mass is 16.5. The third-order valence-electron chi connectivity index (χ3n) is 1.82. The van der Waals surface area contributed by atoms with E-state index in [-0.39, 0.29) is 24.0 Å². The third kappa shape index (κ3) is 4.14. The molecule has 0 atom stereocenters. The van der Waals surface area contributed by atoms with E-state index in [0.717, 1.165) is 0 Å². The van der Waals surface area contributed by atoms with Crippen LogP contribution in [0.1, 0.15) is 24.2 Å². The molecule has 0 saturated heterocycles. The molecular weight excluding hydrogens is 222 g/mol. The van der Waals surface area contributed by atoms with Gasteiger partial charge in [-0.05, 0) is 26.0 Å². The molecule has 1 aromatic carbocycles. The van der Waals surface area contributed by atoms with Gasteiger partial charge in [0, 0.05) is 0 Å². The van der Waals surface area contributed by atoms with E-state index in [1.165, 1.54) is 0 Å². The molecule has 0 aliphatic rings. The minimum absolute atomic E-state index is 0.216. The standard InChI is InChI=1S/C12H15NO4/c1-8(2)17-12(15)9-5-3-4-6-10(9)16-7-11(13)14/h3-6,8H,7H2,1-2H3,(H2,13,14). The number of primary amides is 1. The average molecular weight is 237 g/mol. The summed E-state index contributed by atoms with van der Waals surface area (Å²) in [5, 5.41) is 0. The van der Waals surface area contributed by atoms with Crippen LogP contribution in [0.4, 0.5) is 0 Å². The largest absolute Gasteiger partial charge is 0.483 e. The van der Waals surface area contributed by atoms with Crippen LogP contribution in [-0.2, 0) is 9.53 Å². The van der Waals surface area contributed by atoms with Crippen LogP contribution in [0.15, 0.2) is 24.3 Å². The molecule has 0 fully saturated rings. The molecule has 0 radical (unpaired) electrons. The molecule has 2 N–H and O–H groups in total. The number of benzene rings is 1. The van der Waals surface area contributed by atoms with Gasteiger partial charge < -0.3 is 15.2 Å². The Morgan fingerprint density at radius 3 is 2.53 bits per heavy atom. The first-order valence-electron chi connectivity index (χ1n) is 5.22. The lowest BCUT2D eigenvalue weighted by Gasteiger charge is -2.11. The van der Waals surface area contributed by atoms with Gasteiger partial charge in [-0.25, -0.2) is 4.79 Å². The predicted octanol–water partition coefficient (Wildman–Crippen LogP) is 1.12. The van der Waals surface area contributed by atoms with Gasteiger partial charge in [-0.15, -0.1) is 0 Å². The highest BCUT2D eigenvalue weighted by molar-refractivity contribution is 5.92. The fourth-order valence-electron chi connectivity index (χ4n) is 1.19. The number of para-hydroxylation sites is 1. The molecule has 5 nitrogen and oxygen atoms in total. The van der Waals surface area contributed by atoms with Crippen LogP contribution in [-0.4, -0.2) is 24.6 Å². The van der Waals surface area contributed by atoms with Crippen molar-refractivity contribution in [1.82, 2.24) is 0 Å². The zero-order valence-electron chi connectivity index (χ0n) is 9.80. The van der Waals surface area contributed by atoms with Crippen LogP contribution in [0.5, 0.6) is 5.75 Å². The maximum absolute atomic E-state index is 11.7. The molecule has 17 heavy (non-hydrogen) atoms. The number of amides is 1. The van der Waals surface area contributed by atoms with Gasteiger partial charge in [-0.3, -0.25) is 4.79 Å². The van der Waals surface area contributed by atoms with Crippen LogP contribution in [0, 0.1) is 0 Å². The average Bonchev–Trinajstić information content (AvgIpc) is 2.25. The highest BCUT2D eigenvalue weighted by Gasteiger charge is 2.15. The van der Waals surface area contributed by atoms with E-state index in [2.05, 4.69) is 0 Å². The van der Waals surface area contributed by atoms with Crippen molar-refractivity contribution in [2.24, 2.45) is 5.73 Å². The van der Waals surface area contributed by atoms with Crippen LogP contribution < -0.4 is 10.5 Å². The van der Waals surface area contributed by atoms with Gasteiger partial charge in [-0.1, -0.05) is 12.1 Å². The van der Waals surface area contributed by atoms with Gasteiger partial charge in [0.1, 0.15) is 11.3 Å². The third-order valence-corrected chi connectivity index (χ3v) is 1.82. The Labute approximate surface area is 99.5 Å². The summed E-state index contributed by atoms with van der Waals surface area (Å²) < 4.78 is 10.2. The SMILES string of the molecule is CC(C)OC(=O)c1ccccc1OCC(N)=O. The number of nitrogens with two attached hydrogens (primary N) is 1. The first-order chi connectivity index (χ1) is 8.00. The zero-order chi connectivity index (χ0) is 12.8. The summed E-state index contributed by atoms with van der Waals surface area (Å²) in [5.74, 6) is -0.797. The van der Waals surface area contributed by atoms with Gasteiger partial charge in [-0.2, -0.15) is 0 Å². The topological polar surface area (TPSA) is 78.6 Å². The van der Waals surface area contributed by atoms with Gasteiger partial charge >= 0.3 is 5.97 Å². The monoisotopic (exact) mass is 237 g/mol. The first-order valence-corrected chi connectivity index (χ1v) is 5.22. The number of esters is 1. The van der Waals surface area contributed by atoms with Gasteiger partial charge in [0.2, 0.25) is 0 Å². The molecule has 1 rings (SSSR count). The van der Waals surface area contributed by atoms with Crippen molar-refractivity contribution in [3.05, 3.63) is 29.8 Å². The molecule has 1 aromatic rings. The Morgan fingerprint density at radius 2 is 1.94 bits per heavy atom. The Balaban J connectivity index is 2.83. The Morgan fingerprint density at radius 1 is 1.29 bits per heavy atom. The number of ether oxygens (including phenoxy) is 2. The van der Waals surface area contributed by atoms with Crippen molar-refractivity contribution in [2.75, 3.05) is 6.61 Å². The lowest BCUT2D eigenvalue weighted by molar-refractivity contribution is -0.119. The van der Waals surface area contributed by atoms with Crippen LogP contribution >= 0.6 is 0 Å². The van der Waals surface area contributed by atoms with Crippen molar-refractivity contribution >= 4 is 11.9 Å². The summed E-state index contributed by atoms with van der Waals surface area (Å²) in [7, 11) is 0. The van der Waals surface area contributed by atoms with E-state index >= 15 is 0 Å². The summed E-state index contributed by atoms with van der Waals surface area (Å²) in [6.07, 6.45) is -0.216. The zero-order valence-corrected chi connectivity index (χ0v) is 9.80. The molecule has 0 bridgehead atoms. The number of rotatable bonds is 5. The molecule has 1 amide bonds. The maximum Gasteiger partial charge on any atom is 0.342 e. The quantitative estimate of drug-likeness (QED) is 0.778. The van der Waals surface area contributed by atoms with E-state index < -0.39 is 11.9 Å². The summed E-state index contributed by atoms with van der Waals surface area (Å²) in [6, 6.07) is 6.54. The summed E-state index contributed by atoms with van der Waals surface area (Å²) >= 11 is 0. The Bertz CT molecular complexity index is 415. The lowest BCUT2D eigenvalue weighted by atomic mass is 10.2. The van der Waals surface area contributed by atoms with Crippen molar-refractivity contribution in [1.29, 1.82) is 0 Å². The van der Waals surface area contributed by atoms with Crippen LogP contribution in [0.25, 0.3) is 0 Å². The number of carbonyl (C=O) groups excluding carboxylic acids is 2. The van der Waals surface area contributed by atoms with Crippen molar-refractivity contribution in [3.8, 4) is 5.75 Å². The van der Waals surface area contributed by atoms with E-state index in [0.29, 0.717) is 0 Å². The molecule has 92 valence electrons. The second-order valence-corrected chi connectivity index (χ2v) is 3.71. The molecule has 0 aromatic heterocycles. The summed E-state index contributed by atoms with van der Waals surface area (Å²) in [6.45, 7) is 3.24. The fourth-order valence-corrected chi connectivity index (χ4v) is 1.19. The molecule has 0 heterocycles. The maximum atomic E-state index is 11.7. The minimum atomic E-state index is -0.600. The Kier molecular flexibility index (Phi) is 4.51. The van der Waals surface area contributed by atoms with E-state index in [1.54, 1.807) is 38.1 Å². The second kappa shape index (κ2) is 5.89. The summed E-state index contributed by atoms with van der Waals surface area (Å²) in [5.41, 5.74) is 5.25.